The lowest BCUT2D eigenvalue weighted by Gasteiger charge is -2.76. The largest absolute Gasteiger partial charge is 0.504 e. The van der Waals surface area contributed by atoms with Crippen molar-refractivity contribution in [3.8, 4) is 11.5 Å². The molecule has 8 rings (SSSR count). The van der Waals surface area contributed by atoms with Crippen LogP contribution in [0.3, 0.4) is 0 Å². The Morgan fingerprint density at radius 3 is 2.78 bits per heavy atom. The summed E-state index contributed by atoms with van der Waals surface area (Å²) in [5.41, 5.74) is 1.27. The number of hydrogen-bond acceptors (Lipinski definition) is 5. The number of phenolic OH excluding ortho intramolecular Hbond substituents is 1. The van der Waals surface area contributed by atoms with Gasteiger partial charge < -0.3 is 14.6 Å². The number of rotatable bonds is 5. The minimum Gasteiger partial charge on any atom is -0.504 e. The van der Waals surface area contributed by atoms with Gasteiger partial charge in [-0.3, -0.25) is 9.69 Å². The van der Waals surface area contributed by atoms with Gasteiger partial charge in [-0.25, -0.2) is 0 Å². The van der Waals surface area contributed by atoms with E-state index in [1.54, 1.807) is 14.0 Å². The highest BCUT2D eigenvalue weighted by Gasteiger charge is 2.84. The number of piperidine rings is 1. The molecule has 4 saturated carbocycles. The summed E-state index contributed by atoms with van der Waals surface area (Å²) in [5.74, 6) is 2.03. The van der Waals surface area contributed by atoms with Gasteiger partial charge in [0, 0.05) is 36.1 Å². The minimum atomic E-state index is -0.640. The summed E-state index contributed by atoms with van der Waals surface area (Å²) >= 11 is 0. The maximum atomic E-state index is 13.5. The topological polar surface area (TPSA) is 59.0 Å². The van der Waals surface area contributed by atoms with E-state index in [4.69, 9.17) is 9.47 Å². The van der Waals surface area contributed by atoms with Crippen molar-refractivity contribution in [1.29, 1.82) is 0 Å². The summed E-state index contributed by atoms with van der Waals surface area (Å²) in [5, 5.41) is 10.9. The van der Waals surface area contributed by atoms with Crippen LogP contribution in [-0.2, 0) is 21.4 Å². The fraction of sp³-hybridized carbons (Fsp3) is 0.741. The van der Waals surface area contributed by atoms with Crippen LogP contribution >= 0.6 is 0 Å². The van der Waals surface area contributed by atoms with E-state index in [9.17, 15) is 9.90 Å². The second kappa shape index (κ2) is 5.90. The SMILES string of the molecule is CC[C@]1(C(C)=O)C[C@]23CC[C@@]1(OC)[C@@H]1Oc4c(O)ccc5c4C12CCN(CC1CC1)[C@@H]3C5. The van der Waals surface area contributed by atoms with Gasteiger partial charge in [0.25, 0.3) is 0 Å². The number of fused-ring (bicyclic) bond motifs is 2. The molecule has 32 heavy (non-hydrogen) atoms. The van der Waals surface area contributed by atoms with E-state index >= 15 is 0 Å². The molecular formula is C27H35NO4. The molecular weight excluding hydrogens is 402 g/mol. The first-order chi connectivity index (χ1) is 15.4. The summed E-state index contributed by atoms with van der Waals surface area (Å²) in [7, 11) is 1.79. The lowest BCUT2D eigenvalue weighted by molar-refractivity contribution is -0.301. The quantitative estimate of drug-likeness (QED) is 0.755. The summed E-state index contributed by atoms with van der Waals surface area (Å²) in [6.07, 6.45) is 8.16. The molecule has 0 radical (unpaired) electrons. The molecule has 1 saturated heterocycles. The number of ether oxygens (including phenoxy) is 2. The maximum Gasteiger partial charge on any atom is 0.165 e. The first kappa shape index (κ1) is 19.8. The molecule has 5 aliphatic carbocycles. The molecule has 1 aromatic carbocycles. The van der Waals surface area contributed by atoms with E-state index in [-0.39, 0.29) is 28.5 Å². The fourth-order valence-corrected chi connectivity index (χ4v) is 9.73. The maximum absolute atomic E-state index is 13.5. The van der Waals surface area contributed by atoms with Crippen molar-refractivity contribution in [2.24, 2.45) is 16.7 Å². The molecule has 172 valence electrons. The van der Waals surface area contributed by atoms with Crippen LogP contribution in [0.25, 0.3) is 0 Å². The van der Waals surface area contributed by atoms with Gasteiger partial charge in [-0.1, -0.05) is 13.0 Å². The van der Waals surface area contributed by atoms with Gasteiger partial charge in [0.15, 0.2) is 11.5 Å². The number of methoxy groups -OCH3 is 1. The lowest BCUT2D eigenvalue weighted by atomic mass is 9.31. The van der Waals surface area contributed by atoms with E-state index in [0.29, 0.717) is 11.8 Å². The lowest BCUT2D eigenvalue weighted by Crippen LogP contribution is -2.84. The van der Waals surface area contributed by atoms with Crippen molar-refractivity contribution < 1.29 is 19.4 Å². The Morgan fingerprint density at radius 2 is 2.09 bits per heavy atom. The summed E-state index contributed by atoms with van der Waals surface area (Å²) in [4.78, 5) is 16.3. The average molecular weight is 438 g/mol. The van der Waals surface area contributed by atoms with Crippen LogP contribution in [0.4, 0.5) is 0 Å². The minimum absolute atomic E-state index is 0.00118. The Morgan fingerprint density at radius 1 is 1.28 bits per heavy atom. The first-order valence-corrected chi connectivity index (χ1v) is 12.7. The predicted octanol–water partition coefficient (Wildman–Crippen LogP) is 3.99. The first-order valence-electron chi connectivity index (χ1n) is 12.7. The Balaban J connectivity index is 1.52. The number of aromatic hydroxyl groups is 1. The third-order valence-electron chi connectivity index (χ3n) is 11.2. The monoisotopic (exact) mass is 437 g/mol. The summed E-state index contributed by atoms with van der Waals surface area (Å²) < 4.78 is 13.3. The number of carbonyl (C=O) groups is 1. The number of Topliss-reactive ketones (excluding diaryl/α,β-unsaturated/α-hetero) is 1. The Bertz CT molecular complexity index is 1030. The van der Waals surface area contributed by atoms with E-state index in [2.05, 4.69) is 17.9 Å². The van der Waals surface area contributed by atoms with E-state index in [1.807, 2.05) is 6.07 Å². The van der Waals surface area contributed by atoms with Crippen LogP contribution in [0, 0.1) is 16.7 Å². The van der Waals surface area contributed by atoms with Crippen LogP contribution in [0.15, 0.2) is 12.1 Å². The molecule has 2 spiro atoms. The second-order valence-corrected chi connectivity index (χ2v) is 11.7. The zero-order valence-corrected chi connectivity index (χ0v) is 19.6. The van der Waals surface area contributed by atoms with Crippen molar-refractivity contribution in [2.45, 2.75) is 88.4 Å². The molecule has 2 heterocycles. The average Bonchev–Trinajstić information content (AvgIpc) is 3.53. The highest BCUT2D eigenvalue weighted by Crippen LogP contribution is 2.79. The van der Waals surface area contributed by atoms with E-state index < -0.39 is 11.0 Å². The van der Waals surface area contributed by atoms with Crippen molar-refractivity contribution in [3.63, 3.8) is 0 Å². The molecule has 1 N–H and O–H groups in total. The van der Waals surface area contributed by atoms with E-state index in [0.717, 1.165) is 51.0 Å². The number of phenols is 1. The second-order valence-electron chi connectivity index (χ2n) is 11.7. The van der Waals surface area contributed by atoms with Gasteiger partial charge in [-0.15, -0.1) is 0 Å². The van der Waals surface area contributed by atoms with Crippen molar-refractivity contribution in [1.82, 2.24) is 4.90 Å². The number of nitrogens with zero attached hydrogens (tertiary/aromatic N) is 1. The fourth-order valence-electron chi connectivity index (χ4n) is 9.73. The van der Waals surface area contributed by atoms with Gasteiger partial charge >= 0.3 is 0 Å². The number of carbonyl (C=O) groups excluding carboxylic acids is 1. The molecule has 4 bridgehead atoms. The van der Waals surface area contributed by atoms with Crippen LogP contribution in [0.1, 0.15) is 69.9 Å². The summed E-state index contributed by atoms with van der Waals surface area (Å²) in [6, 6.07) is 4.40. The van der Waals surface area contributed by atoms with Crippen molar-refractivity contribution >= 4 is 5.78 Å². The van der Waals surface area contributed by atoms with Crippen LogP contribution < -0.4 is 4.74 Å². The zero-order valence-electron chi connectivity index (χ0n) is 19.6. The van der Waals surface area contributed by atoms with Crippen LogP contribution in [0.5, 0.6) is 11.5 Å². The van der Waals surface area contributed by atoms with Crippen molar-refractivity contribution in [3.05, 3.63) is 23.3 Å². The Kier molecular flexibility index (Phi) is 3.66. The molecule has 2 aliphatic heterocycles. The van der Waals surface area contributed by atoms with Crippen molar-refractivity contribution in [2.75, 3.05) is 20.2 Å². The molecule has 7 aliphatic rings. The molecule has 5 heteroatoms. The van der Waals surface area contributed by atoms with Crippen LogP contribution in [-0.4, -0.2) is 53.7 Å². The van der Waals surface area contributed by atoms with Gasteiger partial charge in [0.05, 0.1) is 5.41 Å². The predicted molar refractivity (Wildman–Crippen MR) is 120 cm³/mol. The number of benzene rings is 1. The molecule has 0 aromatic heterocycles. The molecule has 1 unspecified atom stereocenters. The molecule has 0 amide bonds. The van der Waals surface area contributed by atoms with E-state index in [1.165, 1.54) is 30.5 Å². The molecule has 1 aromatic rings. The number of hydrogen-bond donors (Lipinski definition) is 1. The highest BCUT2D eigenvalue weighted by molar-refractivity contribution is 5.85. The standard InChI is InChI=1S/C27H35NO4/c1-4-24(16(2)29)15-25-9-10-27(24,31-3)23-26(25)11-12-28(14-17-5-6-17)20(25)13-18-7-8-19(30)22(32-23)21(18)26/h7-8,17,20,23,30H,4-6,9-15H2,1-3H3/t20-,23-,24-,25+,26?,27-/m1/s1. The smallest absolute Gasteiger partial charge is 0.165 e. The zero-order chi connectivity index (χ0) is 22.1. The molecule has 6 atom stereocenters. The van der Waals surface area contributed by atoms with Gasteiger partial charge in [0.2, 0.25) is 0 Å². The number of likely N-dealkylation sites (tertiary alicyclic amines) is 1. The summed E-state index contributed by atoms with van der Waals surface area (Å²) in [6.45, 7) is 6.22. The van der Waals surface area contributed by atoms with Gasteiger partial charge in [0.1, 0.15) is 17.5 Å². The Labute approximate surface area is 190 Å². The third-order valence-corrected chi connectivity index (χ3v) is 11.2. The van der Waals surface area contributed by atoms with Gasteiger partial charge in [-0.2, -0.15) is 0 Å². The van der Waals surface area contributed by atoms with Crippen LogP contribution in [0.2, 0.25) is 0 Å². The third kappa shape index (κ3) is 1.85. The number of ketones is 1. The molecule has 5 nitrogen and oxygen atoms in total. The normalized spacial score (nSPS) is 45.5. The molecule has 5 fully saturated rings. The highest BCUT2D eigenvalue weighted by atomic mass is 16.6. The van der Waals surface area contributed by atoms with Gasteiger partial charge in [-0.05, 0) is 82.4 Å². The Hall–Kier alpha value is -1.59.